The van der Waals surface area contributed by atoms with Gasteiger partial charge in [0.05, 0.1) is 10.9 Å². The summed E-state index contributed by atoms with van der Waals surface area (Å²) in [5, 5.41) is 3.66. The van der Waals surface area contributed by atoms with Crippen LogP contribution in [0.15, 0.2) is 23.0 Å². The van der Waals surface area contributed by atoms with Crippen LogP contribution < -0.4 is 10.9 Å². The number of rotatable bonds is 6. The predicted octanol–water partition coefficient (Wildman–Crippen LogP) is 3.38. The molecule has 2 atom stereocenters. The van der Waals surface area contributed by atoms with Gasteiger partial charge in [-0.2, -0.15) is 0 Å². The van der Waals surface area contributed by atoms with Gasteiger partial charge in [-0.1, -0.05) is 19.8 Å². The molecule has 7 nitrogen and oxygen atoms in total. The summed E-state index contributed by atoms with van der Waals surface area (Å²) in [7, 11) is 0. The highest BCUT2D eigenvalue weighted by Crippen LogP contribution is 2.24. The van der Waals surface area contributed by atoms with Crippen LogP contribution in [0.5, 0.6) is 0 Å². The van der Waals surface area contributed by atoms with Crippen LogP contribution in [0.3, 0.4) is 0 Å². The van der Waals surface area contributed by atoms with E-state index in [9.17, 15) is 14.4 Å². The van der Waals surface area contributed by atoms with Crippen LogP contribution in [-0.2, 0) is 11.3 Å². The molecule has 2 aromatic rings. The number of amides is 2. The molecule has 2 heterocycles. The highest BCUT2D eigenvalue weighted by atomic mass is 32.1. The molecule has 2 N–H and O–H groups in total. The summed E-state index contributed by atoms with van der Waals surface area (Å²) in [5.74, 6) is 0.552. The molecule has 8 heteroatoms. The number of H-pyrrole nitrogens is 1. The lowest BCUT2D eigenvalue weighted by Crippen LogP contribution is -2.41. The van der Waals surface area contributed by atoms with Crippen molar-refractivity contribution in [2.75, 3.05) is 13.1 Å². The molecule has 1 aliphatic carbocycles. The van der Waals surface area contributed by atoms with E-state index in [1.807, 2.05) is 4.90 Å². The van der Waals surface area contributed by atoms with E-state index < -0.39 is 0 Å². The van der Waals surface area contributed by atoms with Crippen molar-refractivity contribution < 1.29 is 9.59 Å². The van der Waals surface area contributed by atoms with Crippen molar-refractivity contribution in [3.8, 4) is 0 Å². The number of nitrogens with zero attached hydrogens (tertiary/aromatic N) is 2. The first-order valence-electron chi connectivity index (χ1n) is 11.3. The molecule has 0 unspecified atom stereocenters. The molecule has 0 radical (unpaired) electrons. The molecule has 1 saturated carbocycles. The molecule has 1 aliphatic heterocycles. The van der Waals surface area contributed by atoms with Crippen LogP contribution in [0.2, 0.25) is 0 Å². The number of aromatic nitrogens is 2. The van der Waals surface area contributed by atoms with E-state index in [0.29, 0.717) is 53.1 Å². The van der Waals surface area contributed by atoms with E-state index in [-0.39, 0.29) is 23.4 Å². The van der Waals surface area contributed by atoms with Gasteiger partial charge in [0, 0.05) is 37.7 Å². The zero-order chi connectivity index (χ0) is 22.0. The van der Waals surface area contributed by atoms with Crippen molar-refractivity contribution >= 4 is 34.9 Å². The van der Waals surface area contributed by atoms with E-state index in [1.165, 1.54) is 6.42 Å². The summed E-state index contributed by atoms with van der Waals surface area (Å²) in [6.07, 6.45) is 6.72. The van der Waals surface area contributed by atoms with Crippen LogP contribution in [-0.4, -0.2) is 45.4 Å². The first-order valence-corrected chi connectivity index (χ1v) is 11.7. The van der Waals surface area contributed by atoms with Gasteiger partial charge in [0.1, 0.15) is 0 Å². The summed E-state index contributed by atoms with van der Waals surface area (Å²) >= 11 is 5.42. The molecule has 31 heavy (non-hydrogen) atoms. The van der Waals surface area contributed by atoms with Crippen LogP contribution >= 0.6 is 12.2 Å². The number of aromatic amines is 1. The number of nitrogens with one attached hydrogen (secondary N) is 2. The lowest BCUT2D eigenvalue weighted by Gasteiger charge is -2.29. The fraction of sp³-hybridized carbons (Fsp3) is 0.565. The van der Waals surface area contributed by atoms with E-state index in [0.717, 1.165) is 32.2 Å². The number of hydrogen-bond donors (Lipinski definition) is 2. The molecular weight excluding hydrogens is 412 g/mol. The van der Waals surface area contributed by atoms with Gasteiger partial charge in [-0.3, -0.25) is 19.0 Å². The second kappa shape index (κ2) is 9.34. The molecule has 4 rings (SSSR count). The first-order chi connectivity index (χ1) is 14.9. The molecule has 0 spiro atoms. The van der Waals surface area contributed by atoms with Gasteiger partial charge in [0.25, 0.3) is 11.5 Å². The molecule has 166 valence electrons. The third-order valence-corrected chi connectivity index (χ3v) is 6.98. The third kappa shape index (κ3) is 4.74. The molecule has 2 fully saturated rings. The maximum absolute atomic E-state index is 13.0. The van der Waals surface area contributed by atoms with E-state index in [1.54, 1.807) is 22.8 Å². The quantitative estimate of drug-likeness (QED) is 0.672. The zero-order valence-corrected chi connectivity index (χ0v) is 18.8. The molecule has 1 saturated heterocycles. The summed E-state index contributed by atoms with van der Waals surface area (Å²) < 4.78 is 1.88. The van der Waals surface area contributed by atoms with Crippen molar-refractivity contribution in [2.24, 2.45) is 5.92 Å². The van der Waals surface area contributed by atoms with E-state index in [2.05, 4.69) is 17.2 Å². The normalized spacial score (nSPS) is 21.6. The fourth-order valence-corrected chi connectivity index (χ4v) is 5.03. The molecule has 0 bridgehead atoms. The Bertz CT molecular complexity index is 1110. The standard InChI is InChI=1S/C23H30N4O3S/c1-15-6-2-3-7-18(15)24-21(29)16-9-10-17-19(14-16)25-23(31)27(22(17)30)13-5-12-26-11-4-8-20(26)28/h9-10,14-15,18H,2-8,11-13H2,1H3,(H,24,29)(H,25,31)/t15-,18+/m0/s1. The average molecular weight is 443 g/mol. The van der Waals surface area contributed by atoms with Gasteiger partial charge in [-0.15, -0.1) is 0 Å². The third-order valence-electron chi connectivity index (χ3n) is 6.65. The largest absolute Gasteiger partial charge is 0.349 e. The fourth-order valence-electron chi connectivity index (χ4n) is 4.74. The number of benzene rings is 1. The predicted molar refractivity (Wildman–Crippen MR) is 123 cm³/mol. The first kappa shape index (κ1) is 21.7. The van der Waals surface area contributed by atoms with Crippen molar-refractivity contribution in [1.82, 2.24) is 19.8 Å². The van der Waals surface area contributed by atoms with E-state index >= 15 is 0 Å². The van der Waals surface area contributed by atoms with Crippen molar-refractivity contribution in [3.63, 3.8) is 0 Å². The Balaban J connectivity index is 1.49. The molecular formula is C23H30N4O3S. The monoisotopic (exact) mass is 442 g/mol. The van der Waals surface area contributed by atoms with Gasteiger partial charge < -0.3 is 15.2 Å². The lowest BCUT2D eigenvalue weighted by molar-refractivity contribution is -0.127. The van der Waals surface area contributed by atoms with Crippen molar-refractivity contribution in [1.29, 1.82) is 0 Å². The summed E-state index contributed by atoms with van der Waals surface area (Å²) in [6.45, 7) is 4.07. The Morgan fingerprint density at radius 1 is 1.19 bits per heavy atom. The Kier molecular flexibility index (Phi) is 6.55. The molecule has 2 amide bonds. The maximum Gasteiger partial charge on any atom is 0.262 e. The van der Waals surface area contributed by atoms with Crippen molar-refractivity contribution in [3.05, 3.63) is 38.9 Å². The summed E-state index contributed by atoms with van der Waals surface area (Å²) in [4.78, 5) is 42.5. The second-order valence-electron chi connectivity index (χ2n) is 8.83. The lowest BCUT2D eigenvalue weighted by atomic mass is 9.86. The number of likely N-dealkylation sites (tertiary alicyclic amines) is 1. The number of carbonyl (C=O) groups is 2. The zero-order valence-electron chi connectivity index (χ0n) is 18.0. The van der Waals surface area contributed by atoms with Gasteiger partial charge >= 0.3 is 0 Å². The Morgan fingerprint density at radius 2 is 2.00 bits per heavy atom. The molecule has 2 aliphatic rings. The number of fused-ring (bicyclic) bond motifs is 1. The highest BCUT2D eigenvalue weighted by Gasteiger charge is 2.23. The van der Waals surface area contributed by atoms with Crippen LogP contribution in [0, 0.1) is 10.7 Å². The molecule has 1 aromatic carbocycles. The topological polar surface area (TPSA) is 87.2 Å². The second-order valence-corrected chi connectivity index (χ2v) is 9.21. The minimum absolute atomic E-state index is 0.112. The Labute approximate surface area is 186 Å². The van der Waals surface area contributed by atoms with Gasteiger partial charge in [-0.05, 0) is 62.0 Å². The number of hydrogen-bond acceptors (Lipinski definition) is 4. The molecule has 1 aromatic heterocycles. The van der Waals surface area contributed by atoms with Crippen molar-refractivity contribution in [2.45, 2.75) is 64.5 Å². The Morgan fingerprint density at radius 3 is 2.74 bits per heavy atom. The Hall–Kier alpha value is -2.48. The van der Waals surface area contributed by atoms with Crippen LogP contribution in [0.25, 0.3) is 10.9 Å². The van der Waals surface area contributed by atoms with Crippen LogP contribution in [0.1, 0.15) is 62.2 Å². The highest BCUT2D eigenvalue weighted by molar-refractivity contribution is 7.71. The average Bonchev–Trinajstić information content (AvgIpc) is 3.16. The minimum atomic E-state index is -0.167. The smallest absolute Gasteiger partial charge is 0.262 e. The van der Waals surface area contributed by atoms with E-state index in [4.69, 9.17) is 12.2 Å². The maximum atomic E-state index is 13.0. The summed E-state index contributed by atoms with van der Waals surface area (Å²) in [6, 6.07) is 5.31. The van der Waals surface area contributed by atoms with Gasteiger partial charge in [0.2, 0.25) is 5.91 Å². The van der Waals surface area contributed by atoms with Crippen LogP contribution in [0.4, 0.5) is 0 Å². The number of carbonyl (C=O) groups excluding carboxylic acids is 2. The minimum Gasteiger partial charge on any atom is -0.349 e. The summed E-state index contributed by atoms with van der Waals surface area (Å²) in [5.41, 5.74) is 0.935. The van der Waals surface area contributed by atoms with Gasteiger partial charge in [0.15, 0.2) is 4.77 Å². The van der Waals surface area contributed by atoms with Gasteiger partial charge in [-0.25, -0.2) is 0 Å². The SMILES string of the molecule is C[C@H]1CCCC[C@H]1NC(=O)c1ccc2c(=O)n(CCCN3CCCC3=O)c(=S)[nH]c2c1.